The standard InChI is InChI=1S/C17H21NO5/c1-12(2)11-22-17(21)23-16(20)14-9-6-10-18(14)15(19)13-7-4-3-5-8-13/h3-5,7-8,12,14H,6,9-11H2,1-2H3/t14-/m0/s1. The normalized spacial score (nSPS) is 17.2. The van der Waals surface area contributed by atoms with Gasteiger partial charge in [-0.2, -0.15) is 0 Å². The predicted octanol–water partition coefficient (Wildman–Crippen LogP) is 2.63. The fourth-order valence-electron chi connectivity index (χ4n) is 2.42. The van der Waals surface area contributed by atoms with Crippen molar-refractivity contribution in [3.63, 3.8) is 0 Å². The molecule has 0 bridgehead atoms. The highest BCUT2D eigenvalue weighted by molar-refractivity contribution is 5.98. The molecule has 6 heteroatoms. The van der Waals surface area contributed by atoms with E-state index < -0.39 is 18.2 Å². The number of likely N-dealkylation sites (tertiary alicyclic amines) is 1. The minimum atomic E-state index is -1.01. The van der Waals surface area contributed by atoms with Crippen molar-refractivity contribution in [2.45, 2.75) is 32.7 Å². The number of ether oxygens (including phenoxy) is 2. The summed E-state index contributed by atoms with van der Waals surface area (Å²) in [6.45, 7) is 4.41. The summed E-state index contributed by atoms with van der Waals surface area (Å²) in [4.78, 5) is 37.5. The molecular weight excluding hydrogens is 298 g/mol. The Labute approximate surface area is 135 Å². The number of rotatable bonds is 4. The van der Waals surface area contributed by atoms with Gasteiger partial charge < -0.3 is 14.4 Å². The summed E-state index contributed by atoms with van der Waals surface area (Å²) in [6, 6.07) is 7.99. The van der Waals surface area contributed by atoms with Crippen LogP contribution in [0, 0.1) is 5.92 Å². The van der Waals surface area contributed by atoms with Gasteiger partial charge in [0.2, 0.25) is 0 Å². The fraction of sp³-hybridized carbons (Fsp3) is 0.471. The topological polar surface area (TPSA) is 72.9 Å². The summed E-state index contributed by atoms with van der Waals surface area (Å²) in [5, 5.41) is 0. The predicted molar refractivity (Wildman–Crippen MR) is 82.8 cm³/mol. The summed E-state index contributed by atoms with van der Waals surface area (Å²) in [6.07, 6.45) is 0.163. The van der Waals surface area contributed by atoms with Gasteiger partial charge in [-0.1, -0.05) is 32.0 Å². The van der Waals surface area contributed by atoms with Crippen LogP contribution in [0.3, 0.4) is 0 Å². The lowest BCUT2D eigenvalue weighted by Crippen LogP contribution is -2.42. The molecule has 23 heavy (non-hydrogen) atoms. The van der Waals surface area contributed by atoms with Crippen molar-refractivity contribution < 1.29 is 23.9 Å². The quantitative estimate of drug-likeness (QED) is 0.630. The summed E-state index contributed by atoms with van der Waals surface area (Å²) in [5.74, 6) is -0.818. The molecule has 1 atom stereocenters. The first-order chi connectivity index (χ1) is 11.0. The van der Waals surface area contributed by atoms with Crippen molar-refractivity contribution >= 4 is 18.0 Å². The smallest absolute Gasteiger partial charge is 0.434 e. The fourth-order valence-corrected chi connectivity index (χ4v) is 2.42. The van der Waals surface area contributed by atoms with Crippen LogP contribution < -0.4 is 0 Å². The zero-order valence-corrected chi connectivity index (χ0v) is 13.4. The third-order valence-electron chi connectivity index (χ3n) is 3.52. The SMILES string of the molecule is CC(C)COC(=O)OC(=O)[C@@H]1CCCN1C(=O)c1ccccc1. The van der Waals surface area contributed by atoms with Crippen molar-refractivity contribution in [1.29, 1.82) is 0 Å². The average Bonchev–Trinajstić information content (AvgIpc) is 3.02. The van der Waals surface area contributed by atoms with E-state index in [1.807, 2.05) is 19.9 Å². The second-order valence-electron chi connectivity index (χ2n) is 5.90. The van der Waals surface area contributed by atoms with E-state index in [9.17, 15) is 14.4 Å². The first kappa shape index (κ1) is 17.0. The van der Waals surface area contributed by atoms with E-state index in [4.69, 9.17) is 9.47 Å². The second kappa shape index (κ2) is 7.76. The molecule has 2 rings (SSSR count). The Morgan fingerprint density at radius 2 is 1.91 bits per heavy atom. The molecule has 0 aliphatic carbocycles. The van der Waals surface area contributed by atoms with Crippen LogP contribution in [-0.4, -0.2) is 42.1 Å². The number of nitrogens with zero attached hydrogens (tertiary/aromatic N) is 1. The van der Waals surface area contributed by atoms with Gasteiger partial charge in [-0.3, -0.25) is 4.79 Å². The maximum absolute atomic E-state index is 12.5. The van der Waals surface area contributed by atoms with Crippen LogP contribution in [0.4, 0.5) is 4.79 Å². The molecule has 0 spiro atoms. The Balaban J connectivity index is 1.97. The van der Waals surface area contributed by atoms with Crippen LogP contribution in [0.2, 0.25) is 0 Å². The molecule has 1 amide bonds. The number of hydrogen-bond acceptors (Lipinski definition) is 5. The Kier molecular flexibility index (Phi) is 5.73. The highest BCUT2D eigenvalue weighted by Crippen LogP contribution is 2.21. The number of benzene rings is 1. The van der Waals surface area contributed by atoms with Crippen LogP contribution in [0.15, 0.2) is 30.3 Å². The molecule has 0 N–H and O–H groups in total. The Morgan fingerprint density at radius 3 is 2.57 bits per heavy atom. The number of carbonyl (C=O) groups is 3. The molecule has 124 valence electrons. The van der Waals surface area contributed by atoms with Gasteiger partial charge in [0, 0.05) is 12.1 Å². The van der Waals surface area contributed by atoms with Gasteiger partial charge in [0.25, 0.3) is 5.91 Å². The molecule has 1 fully saturated rings. The summed E-state index contributed by atoms with van der Waals surface area (Å²) < 4.78 is 9.54. The molecule has 0 aromatic heterocycles. The molecule has 1 heterocycles. The van der Waals surface area contributed by atoms with Gasteiger partial charge in [0.1, 0.15) is 6.04 Å². The lowest BCUT2D eigenvalue weighted by atomic mass is 10.1. The summed E-state index contributed by atoms with van der Waals surface area (Å²) >= 11 is 0. The molecule has 1 aromatic carbocycles. The van der Waals surface area contributed by atoms with Gasteiger partial charge in [0.15, 0.2) is 0 Å². The molecular formula is C17H21NO5. The molecule has 1 aliphatic rings. The zero-order chi connectivity index (χ0) is 16.8. The Bertz CT molecular complexity index is 570. The molecule has 1 aromatic rings. The van der Waals surface area contributed by atoms with Gasteiger partial charge in [-0.25, -0.2) is 9.59 Å². The third-order valence-corrected chi connectivity index (χ3v) is 3.52. The van der Waals surface area contributed by atoms with E-state index in [-0.39, 0.29) is 18.4 Å². The van der Waals surface area contributed by atoms with Crippen molar-refractivity contribution in [3.05, 3.63) is 35.9 Å². The van der Waals surface area contributed by atoms with E-state index in [0.29, 0.717) is 24.9 Å². The van der Waals surface area contributed by atoms with Crippen molar-refractivity contribution in [2.24, 2.45) is 5.92 Å². The summed E-state index contributed by atoms with van der Waals surface area (Å²) in [5.41, 5.74) is 0.509. The van der Waals surface area contributed by atoms with E-state index >= 15 is 0 Å². The van der Waals surface area contributed by atoms with Gasteiger partial charge in [-0.05, 0) is 30.9 Å². The van der Waals surface area contributed by atoms with Crippen LogP contribution in [-0.2, 0) is 14.3 Å². The Morgan fingerprint density at radius 1 is 1.22 bits per heavy atom. The van der Waals surface area contributed by atoms with Crippen LogP contribution >= 0.6 is 0 Å². The van der Waals surface area contributed by atoms with E-state index in [2.05, 4.69) is 0 Å². The van der Waals surface area contributed by atoms with Gasteiger partial charge in [-0.15, -0.1) is 0 Å². The highest BCUT2D eigenvalue weighted by Gasteiger charge is 2.36. The van der Waals surface area contributed by atoms with Crippen molar-refractivity contribution in [3.8, 4) is 0 Å². The third kappa shape index (κ3) is 4.55. The molecule has 0 unspecified atom stereocenters. The lowest BCUT2D eigenvalue weighted by molar-refractivity contribution is -0.144. The Hall–Kier alpha value is -2.37. The van der Waals surface area contributed by atoms with Gasteiger partial charge in [0.05, 0.1) is 6.61 Å². The zero-order valence-electron chi connectivity index (χ0n) is 13.4. The first-order valence-corrected chi connectivity index (χ1v) is 7.73. The largest absolute Gasteiger partial charge is 0.516 e. The number of esters is 1. The van der Waals surface area contributed by atoms with E-state index in [0.717, 1.165) is 0 Å². The second-order valence-corrected chi connectivity index (χ2v) is 5.90. The average molecular weight is 319 g/mol. The molecule has 0 radical (unpaired) electrons. The lowest BCUT2D eigenvalue weighted by Gasteiger charge is -2.22. The van der Waals surface area contributed by atoms with E-state index in [1.54, 1.807) is 24.3 Å². The maximum atomic E-state index is 12.5. The van der Waals surface area contributed by atoms with Crippen LogP contribution in [0.1, 0.15) is 37.0 Å². The number of carbonyl (C=O) groups excluding carboxylic acids is 3. The minimum Gasteiger partial charge on any atom is -0.434 e. The minimum absolute atomic E-state index is 0.153. The summed E-state index contributed by atoms with van der Waals surface area (Å²) in [7, 11) is 0. The van der Waals surface area contributed by atoms with E-state index in [1.165, 1.54) is 4.90 Å². The van der Waals surface area contributed by atoms with Crippen LogP contribution in [0.5, 0.6) is 0 Å². The first-order valence-electron chi connectivity index (χ1n) is 7.73. The number of amides is 1. The molecule has 1 saturated heterocycles. The van der Waals surface area contributed by atoms with Gasteiger partial charge >= 0.3 is 12.1 Å². The highest BCUT2D eigenvalue weighted by atomic mass is 16.7. The van der Waals surface area contributed by atoms with Crippen LogP contribution in [0.25, 0.3) is 0 Å². The van der Waals surface area contributed by atoms with Crippen molar-refractivity contribution in [2.75, 3.05) is 13.2 Å². The monoisotopic (exact) mass is 319 g/mol. The number of hydrogen-bond donors (Lipinski definition) is 0. The molecule has 0 saturated carbocycles. The van der Waals surface area contributed by atoms with Crippen molar-refractivity contribution in [1.82, 2.24) is 4.90 Å². The molecule has 6 nitrogen and oxygen atoms in total. The molecule has 1 aliphatic heterocycles. The maximum Gasteiger partial charge on any atom is 0.516 e.